The topological polar surface area (TPSA) is 115 Å². The highest BCUT2D eigenvalue weighted by molar-refractivity contribution is 5.91. The Hall–Kier alpha value is -3.64. The molecule has 1 amide bonds. The number of nitrogens with zero attached hydrogens (tertiary/aromatic N) is 3. The quantitative estimate of drug-likeness (QED) is 0.190. The third-order valence-corrected chi connectivity index (χ3v) is 10.7. The largest absolute Gasteiger partial charge is 0.496 e. The van der Waals surface area contributed by atoms with E-state index in [0.29, 0.717) is 48.2 Å². The normalized spacial score (nSPS) is 22.6. The third-order valence-electron chi connectivity index (χ3n) is 10.7. The number of likely N-dealkylation sites (tertiary alicyclic amines) is 1. The van der Waals surface area contributed by atoms with Gasteiger partial charge < -0.3 is 30.7 Å². The van der Waals surface area contributed by atoms with E-state index in [2.05, 4.69) is 20.6 Å². The summed E-state index contributed by atoms with van der Waals surface area (Å²) >= 11 is 0. The molecule has 3 fully saturated rings. The van der Waals surface area contributed by atoms with Gasteiger partial charge in [0.1, 0.15) is 17.4 Å². The molecule has 50 heavy (non-hydrogen) atoms. The number of halogens is 3. The first-order valence-corrected chi connectivity index (χ1v) is 18.0. The van der Waals surface area contributed by atoms with E-state index < -0.39 is 24.3 Å². The first-order valence-electron chi connectivity index (χ1n) is 19.0. The second-order valence-corrected chi connectivity index (χ2v) is 14.3. The monoisotopic (exact) mass is 698 g/mol. The van der Waals surface area contributed by atoms with Gasteiger partial charge in [0.15, 0.2) is 0 Å². The molecule has 2 saturated heterocycles. The average molecular weight is 699 g/mol. The Labute approximate surface area is 295 Å². The molecule has 1 atom stereocenters. The summed E-state index contributed by atoms with van der Waals surface area (Å²) < 4.78 is 69.1. The number of methoxy groups -OCH3 is 1. The van der Waals surface area contributed by atoms with E-state index in [4.69, 9.17) is 17.9 Å². The van der Waals surface area contributed by atoms with Crippen molar-refractivity contribution in [2.24, 2.45) is 17.8 Å². The van der Waals surface area contributed by atoms with Crippen LogP contribution in [0.5, 0.6) is 5.75 Å². The lowest BCUT2D eigenvalue weighted by atomic mass is 9.77. The lowest BCUT2D eigenvalue weighted by Crippen LogP contribution is -2.43. The van der Waals surface area contributed by atoms with Crippen LogP contribution >= 0.6 is 0 Å². The number of ether oxygens (including phenoxy) is 2. The van der Waals surface area contributed by atoms with Crippen LogP contribution in [0.4, 0.5) is 24.7 Å². The van der Waals surface area contributed by atoms with Crippen LogP contribution in [-0.4, -0.2) is 67.2 Å². The van der Waals surface area contributed by atoms with Crippen LogP contribution in [-0.2, 0) is 15.7 Å². The van der Waals surface area contributed by atoms with Crippen LogP contribution in [0.15, 0.2) is 30.3 Å². The standard InChI is InChI=1S/C38H51F3N6O3/c1-23(29-16-30(38(39,40)41)18-31(42)17-29)44-36-33-19-32(35(49-3)20-34(33)45-24(2)46-36)27-4-6-28(7-5-27)37(48)47-14-10-26(11-15-47)22-50-21-25-8-12-43-13-9-25/h16-20,23,25-28,43H,4-15,21-22,42H2,1-3H3,(H,44,45,46)/t23-,27?,28?/m1/s1/i21D2. The molecule has 3 aliphatic rings. The van der Waals surface area contributed by atoms with Gasteiger partial charge in [0.05, 0.1) is 27.0 Å². The van der Waals surface area contributed by atoms with E-state index in [1.165, 1.54) is 6.07 Å². The molecule has 1 aromatic heterocycles. The van der Waals surface area contributed by atoms with Crippen LogP contribution in [0.25, 0.3) is 10.9 Å². The number of nitrogens with two attached hydrogens (primary N) is 1. The summed E-state index contributed by atoms with van der Waals surface area (Å²) in [6, 6.07) is 6.95. The fourth-order valence-electron chi connectivity index (χ4n) is 7.73. The van der Waals surface area contributed by atoms with Crippen molar-refractivity contribution in [2.45, 2.75) is 83.4 Å². The third kappa shape index (κ3) is 8.62. The number of hydrogen-bond donors (Lipinski definition) is 3. The van der Waals surface area contributed by atoms with Gasteiger partial charge in [-0.15, -0.1) is 0 Å². The number of alkyl halides is 3. The van der Waals surface area contributed by atoms with Crippen LogP contribution in [0, 0.1) is 24.7 Å². The molecule has 9 nitrogen and oxygen atoms in total. The molecule has 12 heteroatoms. The second kappa shape index (κ2) is 15.7. The number of aryl methyl sites for hydroxylation is 1. The van der Waals surface area contributed by atoms with E-state index in [-0.39, 0.29) is 35.3 Å². The number of anilines is 2. The molecule has 272 valence electrons. The Morgan fingerprint density at radius 3 is 2.44 bits per heavy atom. The molecule has 0 radical (unpaired) electrons. The van der Waals surface area contributed by atoms with Crippen molar-refractivity contribution in [1.29, 1.82) is 0 Å². The molecule has 3 heterocycles. The van der Waals surface area contributed by atoms with E-state index in [9.17, 15) is 18.0 Å². The minimum atomic E-state index is -4.52. The van der Waals surface area contributed by atoms with E-state index in [0.717, 1.165) is 87.5 Å². The summed E-state index contributed by atoms with van der Waals surface area (Å²) in [4.78, 5) is 24.9. The van der Waals surface area contributed by atoms with Gasteiger partial charge >= 0.3 is 6.18 Å². The molecule has 2 aliphatic heterocycles. The molecular formula is C38H51F3N6O3. The number of nitrogens with one attached hydrogen (secondary N) is 2. The van der Waals surface area contributed by atoms with Gasteiger partial charge in [-0.25, -0.2) is 9.97 Å². The zero-order valence-corrected chi connectivity index (χ0v) is 29.2. The summed E-state index contributed by atoms with van der Waals surface area (Å²) in [7, 11) is 1.63. The van der Waals surface area contributed by atoms with Gasteiger partial charge in [-0.2, -0.15) is 13.2 Å². The lowest BCUT2D eigenvalue weighted by molar-refractivity contribution is -0.138. The average Bonchev–Trinajstić information content (AvgIpc) is 3.13. The summed E-state index contributed by atoms with van der Waals surface area (Å²) in [5, 5.41) is 7.33. The Kier molecular flexibility index (Phi) is 10.5. The first kappa shape index (κ1) is 33.5. The summed E-state index contributed by atoms with van der Waals surface area (Å²) in [5.41, 5.74) is 7.13. The molecule has 1 aliphatic carbocycles. The molecule has 0 bridgehead atoms. The Balaban J connectivity index is 1.08. The van der Waals surface area contributed by atoms with Crippen LogP contribution < -0.4 is 21.1 Å². The number of fused-ring (bicyclic) bond motifs is 1. The van der Waals surface area contributed by atoms with Gasteiger partial charge in [0.2, 0.25) is 5.91 Å². The SMILES string of the molecule is [2H]C([2H])(OCC1CCN(C(=O)C2CCC(c3cc4c(N[C@H](C)c5cc(N)cc(C(F)(F)F)c5)nc(C)nc4cc3OC)CC2)CC1)C1CCNCC1. The number of piperidine rings is 2. The predicted octanol–water partition coefficient (Wildman–Crippen LogP) is 7.25. The fourth-order valence-corrected chi connectivity index (χ4v) is 7.73. The molecule has 6 rings (SSSR count). The van der Waals surface area contributed by atoms with Gasteiger partial charge in [0.25, 0.3) is 0 Å². The number of carbonyl (C=O) groups excluding carboxylic acids is 1. The highest BCUT2D eigenvalue weighted by Crippen LogP contribution is 2.43. The van der Waals surface area contributed by atoms with E-state index >= 15 is 0 Å². The van der Waals surface area contributed by atoms with Crippen molar-refractivity contribution in [1.82, 2.24) is 20.2 Å². The second-order valence-electron chi connectivity index (χ2n) is 14.3. The Bertz CT molecular complexity index is 1720. The predicted molar refractivity (Wildman–Crippen MR) is 189 cm³/mol. The number of rotatable bonds is 10. The number of aromatic nitrogens is 2. The summed E-state index contributed by atoms with van der Waals surface area (Å²) in [6.45, 7) is 5.29. The zero-order valence-electron chi connectivity index (χ0n) is 31.2. The van der Waals surface area contributed by atoms with Gasteiger partial charge in [0, 0.05) is 49.3 Å². The maximum absolute atomic E-state index is 13.6. The zero-order chi connectivity index (χ0) is 37.2. The molecule has 3 aromatic rings. The van der Waals surface area contributed by atoms with Gasteiger partial charge in [-0.3, -0.25) is 4.79 Å². The molecular weight excluding hydrogens is 645 g/mol. The van der Waals surface area contributed by atoms with Crippen LogP contribution in [0.1, 0.15) is 95.5 Å². The number of nitrogen functional groups attached to an aromatic ring is 1. The highest BCUT2D eigenvalue weighted by atomic mass is 19.4. The van der Waals surface area contributed by atoms with E-state index in [1.54, 1.807) is 21.0 Å². The number of hydrogen-bond acceptors (Lipinski definition) is 8. The lowest BCUT2D eigenvalue weighted by Gasteiger charge is -2.36. The van der Waals surface area contributed by atoms with Crippen molar-refractivity contribution >= 4 is 28.3 Å². The number of benzene rings is 2. The first-order chi connectivity index (χ1) is 24.7. The van der Waals surface area contributed by atoms with Crippen molar-refractivity contribution in [2.75, 3.05) is 57.5 Å². The number of carbonyl (C=O) groups is 1. The van der Waals surface area contributed by atoms with E-state index in [1.807, 2.05) is 17.0 Å². The summed E-state index contributed by atoms with van der Waals surface area (Å²) in [5.74, 6) is 2.19. The summed E-state index contributed by atoms with van der Waals surface area (Å²) in [6.07, 6.45) is 1.81. The number of amides is 1. The molecule has 0 spiro atoms. The fraction of sp³-hybridized carbons (Fsp3) is 0.605. The minimum Gasteiger partial charge on any atom is -0.496 e. The van der Waals surface area contributed by atoms with Crippen molar-refractivity contribution in [3.63, 3.8) is 0 Å². The maximum Gasteiger partial charge on any atom is 0.416 e. The molecule has 4 N–H and O–H groups in total. The van der Waals surface area contributed by atoms with Crippen molar-refractivity contribution in [3.8, 4) is 5.75 Å². The highest BCUT2D eigenvalue weighted by Gasteiger charge is 2.34. The van der Waals surface area contributed by atoms with Crippen LogP contribution in [0.2, 0.25) is 0 Å². The Morgan fingerprint density at radius 2 is 1.76 bits per heavy atom. The van der Waals surface area contributed by atoms with Gasteiger partial charge in [-0.05, 0) is 131 Å². The van der Waals surface area contributed by atoms with Crippen LogP contribution in [0.3, 0.4) is 0 Å². The minimum absolute atomic E-state index is 0.0338. The smallest absolute Gasteiger partial charge is 0.416 e. The Morgan fingerprint density at radius 1 is 1.04 bits per heavy atom. The maximum atomic E-state index is 13.6. The molecule has 0 unspecified atom stereocenters. The molecule has 2 aromatic carbocycles. The van der Waals surface area contributed by atoms with Crippen molar-refractivity contribution in [3.05, 3.63) is 52.8 Å². The van der Waals surface area contributed by atoms with Crippen molar-refractivity contribution < 1.29 is 30.2 Å². The van der Waals surface area contributed by atoms with Gasteiger partial charge in [-0.1, -0.05) is 0 Å². The molecule has 1 saturated carbocycles.